The van der Waals surface area contributed by atoms with Gasteiger partial charge in [-0.3, -0.25) is 9.59 Å². The minimum absolute atomic E-state index is 0. The van der Waals surface area contributed by atoms with Crippen LogP contribution in [0.5, 0.6) is 0 Å². The van der Waals surface area contributed by atoms with E-state index in [4.69, 9.17) is 4.74 Å². The molecule has 0 aromatic carbocycles. The van der Waals surface area contributed by atoms with Gasteiger partial charge in [0.1, 0.15) is 6.61 Å². The molecule has 1 aliphatic heterocycles. The SMILES string of the molecule is C.COCC(C)=O.O=C1CCCCCO1. The Balaban J connectivity index is 0. The Hall–Kier alpha value is -0.900. The fourth-order valence-corrected chi connectivity index (χ4v) is 1.01. The molecule has 1 rings (SSSR count). The summed E-state index contributed by atoms with van der Waals surface area (Å²) >= 11 is 0. The van der Waals surface area contributed by atoms with Crippen LogP contribution in [0, 0.1) is 0 Å². The van der Waals surface area contributed by atoms with Gasteiger partial charge in [0.25, 0.3) is 0 Å². The van der Waals surface area contributed by atoms with Crippen molar-refractivity contribution in [3.63, 3.8) is 0 Å². The maximum Gasteiger partial charge on any atom is 0.305 e. The molecule has 0 radical (unpaired) electrons. The predicted molar refractivity (Wildman–Crippen MR) is 58.7 cm³/mol. The second kappa shape index (κ2) is 11.2. The number of carbonyl (C=O) groups excluding carboxylic acids is 2. The molecule has 1 heterocycles. The Bertz CT molecular complexity index is 167. The molecule has 0 amide bonds. The summed E-state index contributed by atoms with van der Waals surface area (Å²) in [6, 6.07) is 0. The molecule has 0 unspecified atom stereocenters. The van der Waals surface area contributed by atoms with E-state index in [1.54, 1.807) is 0 Å². The van der Waals surface area contributed by atoms with Gasteiger partial charge in [-0.15, -0.1) is 0 Å². The van der Waals surface area contributed by atoms with Gasteiger partial charge >= 0.3 is 5.97 Å². The monoisotopic (exact) mass is 218 g/mol. The second-order valence-electron chi connectivity index (χ2n) is 3.17. The molecule has 1 saturated heterocycles. The first-order valence-electron chi connectivity index (χ1n) is 4.81. The summed E-state index contributed by atoms with van der Waals surface area (Å²) in [5.41, 5.74) is 0. The van der Waals surface area contributed by atoms with Gasteiger partial charge in [-0.25, -0.2) is 0 Å². The zero-order valence-corrected chi connectivity index (χ0v) is 8.88. The number of esters is 1. The van der Waals surface area contributed by atoms with Crippen LogP contribution in [-0.4, -0.2) is 32.1 Å². The molecule has 15 heavy (non-hydrogen) atoms. The van der Waals surface area contributed by atoms with E-state index in [0.29, 0.717) is 13.0 Å². The van der Waals surface area contributed by atoms with E-state index in [0.717, 1.165) is 19.3 Å². The van der Waals surface area contributed by atoms with Crippen molar-refractivity contribution in [2.45, 2.75) is 40.0 Å². The largest absolute Gasteiger partial charge is 0.466 e. The Labute approximate surface area is 91.9 Å². The summed E-state index contributed by atoms with van der Waals surface area (Å²) in [5.74, 6) is 0.0417. The number of ketones is 1. The van der Waals surface area contributed by atoms with Crippen LogP contribution in [-0.2, 0) is 19.1 Å². The molecule has 0 aromatic heterocycles. The highest BCUT2D eigenvalue weighted by atomic mass is 16.5. The summed E-state index contributed by atoms with van der Waals surface area (Å²) in [5, 5.41) is 0. The fraction of sp³-hybridized carbons (Fsp3) is 0.818. The molecule has 1 fully saturated rings. The van der Waals surface area contributed by atoms with Crippen LogP contribution in [0.15, 0.2) is 0 Å². The third-order valence-electron chi connectivity index (χ3n) is 1.64. The van der Waals surface area contributed by atoms with E-state index in [-0.39, 0.29) is 25.8 Å². The van der Waals surface area contributed by atoms with Gasteiger partial charge < -0.3 is 9.47 Å². The van der Waals surface area contributed by atoms with E-state index in [1.165, 1.54) is 14.0 Å². The minimum atomic E-state index is -0.0255. The molecule has 4 heteroatoms. The smallest absolute Gasteiger partial charge is 0.305 e. The number of hydrogen-bond acceptors (Lipinski definition) is 4. The topological polar surface area (TPSA) is 52.6 Å². The number of rotatable bonds is 2. The van der Waals surface area contributed by atoms with E-state index in [2.05, 4.69) is 4.74 Å². The van der Waals surface area contributed by atoms with E-state index < -0.39 is 0 Å². The van der Waals surface area contributed by atoms with Crippen molar-refractivity contribution < 1.29 is 19.1 Å². The van der Waals surface area contributed by atoms with E-state index in [1.807, 2.05) is 0 Å². The predicted octanol–water partition coefficient (Wildman–Crippen LogP) is 1.96. The number of carbonyl (C=O) groups is 2. The zero-order chi connectivity index (χ0) is 10.8. The molecule has 0 spiro atoms. The molecule has 0 N–H and O–H groups in total. The minimum Gasteiger partial charge on any atom is -0.466 e. The third-order valence-corrected chi connectivity index (χ3v) is 1.64. The first kappa shape index (κ1) is 16.5. The molecular weight excluding hydrogens is 196 g/mol. The standard InChI is InChI=1S/C6H10O2.C4H8O2.CH4/c7-6-4-2-1-3-5-8-6;1-4(5)3-6-2;/h1-5H2;3H2,1-2H3;1H4. The van der Waals surface area contributed by atoms with Crippen molar-refractivity contribution in [1.29, 1.82) is 0 Å². The van der Waals surface area contributed by atoms with Gasteiger partial charge in [0.2, 0.25) is 0 Å². The lowest BCUT2D eigenvalue weighted by Gasteiger charge is -1.93. The second-order valence-corrected chi connectivity index (χ2v) is 3.17. The molecule has 1 aliphatic rings. The van der Waals surface area contributed by atoms with Crippen LogP contribution in [0.2, 0.25) is 0 Å². The van der Waals surface area contributed by atoms with Crippen molar-refractivity contribution in [2.24, 2.45) is 0 Å². The van der Waals surface area contributed by atoms with Crippen molar-refractivity contribution in [3.05, 3.63) is 0 Å². The highest BCUT2D eigenvalue weighted by molar-refractivity contribution is 5.76. The zero-order valence-electron chi connectivity index (χ0n) is 8.88. The Morgan fingerprint density at radius 1 is 1.40 bits per heavy atom. The Kier molecular flexibility index (Phi) is 12.3. The number of hydrogen-bond donors (Lipinski definition) is 0. The number of cyclic esters (lactones) is 1. The lowest BCUT2D eigenvalue weighted by Crippen LogP contribution is -2.00. The summed E-state index contributed by atoms with van der Waals surface area (Å²) in [4.78, 5) is 20.4. The van der Waals surface area contributed by atoms with Crippen LogP contribution >= 0.6 is 0 Å². The van der Waals surface area contributed by atoms with Crippen LogP contribution in [0.25, 0.3) is 0 Å². The number of methoxy groups -OCH3 is 1. The van der Waals surface area contributed by atoms with Gasteiger partial charge in [-0.2, -0.15) is 0 Å². The van der Waals surface area contributed by atoms with Crippen molar-refractivity contribution in [1.82, 2.24) is 0 Å². The molecule has 0 saturated carbocycles. The fourth-order valence-electron chi connectivity index (χ4n) is 1.01. The average Bonchev–Trinajstić information content (AvgIpc) is 2.33. The third kappa shape index (κ3) is 13.1. The van der Waals surface area contributed by atoms with E-state index in [9.17, 15) is 9.59 Å². The summed E-state index contributed by atoms with van der Waals surface area (Å²) < 4.78 is 9.22. The van der Waals surface area contributed by atoms with Crippen LogP contribution < -0.4 is 0 Å². The summed E-state index contributed by atoms with van der Waals surface area (Å²) in [6.45, 7) is 2.36. The Morgan fingerprint density at radius 2 is 2.07 bits per heavy atom. The maximum absolute atomic E-state index is 10.5. The van der Waals surface area contributed by atoms with Gasteiger partial charge in [-0.1, -0.05) is 7.43 Å². The molecule has 4 nitrogen and oxygen atoms in total. The average molecular weight is 218 g/mol. The van der Waals surface area contributed by atoms with Crippen LogP contribution in [0.4, 0.5) is 0 Å². The summed E-state index contributed by atoms with van der Waals surface area (Å²) in [6.07, 6.45) is 3.83. The first-order chi connectivity index (χ1) is 6.66. The lowest BCUT2D eigenvalue weighted by molar-refractivity contribution is -0.142. The normalized spacial score (nSPS) is 14.9. The molecule has 0 aliphatic carbocycles. The van der Waals surface area contributed by atoms with Gasteiger partial charge in [0.15, 0.2) is 5.78 Å². The highest BCUT2D eigenvalue weighted by Crippen LogP contribution is 2.06. The molecule has 90 valence electrons. The number of ether oxygens (including phenoxy) is 2. The quantitative estimate of drug-likeness (QED) is 0.665. The van der Waals surface area contributed by atoms with Crippen LogP contribution in [0.3, 0.4) is 0 Å². The summed E-state index contributed by atoms with van der Waals surface area (Å²) in [7, 11) is 1.50. The van der Waals surface area contributed by atoms with Crippen molar-refractivity contribution in [3.8, 4) is 0 Å². The Morgan fingerprint density at radius 3 is 2.53 bits per heavy atom. The van der Waals surface area contributed by atoms with Crippen LogP contribution in [0.1, 0.15) is 40.0 Å². The number of Topliss-reactive ketones (excluding diaryl/α,β-unsaturated/α-hetero) is 1. The lowest BCUT2D eigenvalue weighted by atomic mass is 10.2. The van der Waals surface area contributed by atoms with Crippen molar-refractivity contribution in [2.75, 3.05) is 20.3 Å². The first-order valence-corrected chi connectivity index (χ1v) is 4.81. The molecule has 0 atom stereocenters. The molecular formula is C11H22O4. The van der Waals surface area contributed by atoms with Gasteiger partial charge in [-0.05, 0) is 26.2 Å². The molecule has 0 bridgehead atoms. The van der Waals surface area contributed by atoms with E-state index >= 15 is 0 Å². The maximum atomic E-state index is 10.5. The van der Waals surface area contributed by atoms with Gasteiger partial charge in [0, 0.05) is 13.5 Å². The highest BCUT2D eigenvalue weighted by Gasteiger charge is 2.05. The molecule has 0 aromatic rings. The van der Waals surface area contributed by atoms with Crippen molar-refractivity contribution >= 4 is 11.8 Å². The van der Waals surface area contributed by atoms with Gasteiger partial charge in [0.05, 0.1) is 6.61 Å².